The van der Waals surface area contributed by atoms with Crippen molar-refractivity contribution in [3.8, 4) is 0 Å². The second kappa shape index (κ2) is 9.73. The quantitative estimate of drug-likeness (QED) is 0.686. The lowest BCUT2D eigenvalue weighted by Gasteiger charge is -2.30. The summed E-state index contributed by atoms with van der Waals surface area (Å²) in [4.78, 5) is 21.5. The Labute approximate surface area is 186 Å². The van der Waals surface area contributed by atoms with E-state index in [1.807, 2.05) is 13.8 Å². The Morgan fingerprint density at radius 3 is 2.83 bits per heavy atom. The van der Waals surface area contributed by atoms with Crippen LogP contribution in [0.3, 0.4) is 0 Å². The number of amidine groups is 1. The molecule has 0 aliphatic carbocycles. The zero-order valence-corrected chi connectivity index (χ0v) is 18.6. The predicted molar refractivity (Wildman–Crippen MR) is 119 cm³/mol. The van der Waals surface area contributed by atoms with Gasteiger partial charge in [-0.3, -0.25) is 9.79 Å². The minimum absolute atomic E-state index is 0. The van der Waals surface area contributed by atoms with Crippen molar-refractivity contribution in [2.45, 2.75) is 38.6 Å². The van der Waals surface area contributed by atoms with E-state index in [1.54, 1.807) is 19.1 Å². The number of benzene rings is 1. The van der Waals surface area contributed by atoms with E-state index in [0.29, 0.717) is 27.8 Å². The third-order valence-electron chi connectivity index (χ3n) is 5.07. The molecule has 1 amide bonds. The molecule has 1 aliphatic heterocycles. The summed E-state index contributed by atoms with van der Waals surface area (Å²) in [6.07, 6.45) is 2.27. The molecule has 1 unspecified atom stereocenters. The Balaban J connectivity index is 0.00000320. The number of halogens is 3. The first-order valence-corrected chi connectivity index (χ1v) is 9.80. The highest BCUT2D eigenvalue weighted by atomic mass is 35.5. The van der Waals surface area contributed by atoms with Gasteiger partial charge in [0.25, 0.3) is 5.91 Å². The predicted octanol–water partition coefficient (Wildman–Crippen LogP) is 4.66. The van der Waals surface area contributed by atoms with Gasteiger partial charge in [0.1, 0.15) is 29.5 Å². The SMILES string of the molecule is CCC(C)c1cc(Cl)cnc1C(=O)Nc1ccc(F)c([C@]2(C)COCC(N)=N2)c1.Cl. The van der Waals surface area contributed by atoms with Crippen LogP contribution in [0.2, 0.25) is 5.02 Å². The number of hydrogen-bond acceptors (Lipinski definition) is 5. The molecule has 6 nitrogen and oxygen atoms in total. The van der Waals surface area contributed by atoms with Crippen LogP contribution in [-0.2, 0) is 10.3 Å². The van der Waals surface area contributed by atoms with Gasteiger partial charge in [-0.25, -0.2) is 9.37 Å². The van der Waals surface area contributed by atoms with E-state index < -0.39 is 11.4 Å². The van der Waals surface area contributed by atoms with Crippen LogP contribution in [0.15, 0.2) is 35.5 Å². The molecule has 3 rings (SSSR count). The number of nitrogens with zero attached hydrogens (tertiary/aromatic N) is 2. The molecule has 1 aromatic heterocycles. The molecule has 2 atom stereocenters. The van der Waals surface area contributed by atoms with Gasteiger partial charge in [0, 0.05) is 17.4 Å². The maximum atomic E-state index is 14.5. The van der Waals surface area contributed by atoms with Crippen LogP contribution < -0.4 is 11.1 Å². The first kappa shape index (κ1) is 24.1. The second-order valence-corrected chi connectivity index (χ2v) is 7.86. The van der Waals surface area contributed by atoms with Crippen molar-refractivity contribution in [2.75, 3.05) is 18.5 Å². The number of nitrogens with two attached hydrogens (primary N) is 1. The first-order chi connectivity index (χ1) is 13.7. The summed E-state index contributed by atoms with van der Waals surface area (Å²) in [5, 5.41) is 3.27. The van der Waals surface area contributed by atoms with E-state index in [1.165, 1.54) is 18.3 Å². The molecule has 30 heavy (non-hydrogen) atoms. The summed E-state index contributed by atoms with van der Waals surface area (Å²) >= 11 is 6.06. The number of hydrogen-bond donors (Lipinski definition) is 2. The summed E-state index contributed by atoms with van der Waals surface area (Å²) in [5.74, 6) is -0.419. The number of nitrogens with one attached hydrogen (secondary N) is 1. The van der Waals surface area contributed by atoms with E-state index >= 15 is 0 Å². The molecule has 1 aromatic carbocycles. The van der Waals surface area contributed by atoms with Crippen LogP contribution in [0, 0.1) is 5.82 Å². The molecule has 0 saturated heterocycles. The summed E-state index contributed by atoms with van der Waals surface area (Å²) in [6.45, 7) is 6.18. The van der Waals surface area contributed by atoms with Gasteiger partial charge >= 0.3 is 0 Å². The Morgan fingerprint density at radius 1 is 1.43 bits per heavy atom. The van der Waals surface area contributed by atoms with Crippen LogP contribution in [-0.4, -0.2) is 29.9 Å². The number of rotatable bonds is 5. The molecule has 1 aliphatic rings. The third-order valence-corrected chi connectivity index (χ3v) is 5.28. The second-order valence-electron chi connectivity index (χ2n) is 7.42. The van der Waals surface area contributed by atoms with E-state index in [2.05, 4.69) is 15.3 Å². The average molecular weight is 455 g/mol. The number of ether oxygens (including phenoxy) is 1. The number of aromatic nitrogens is 1. The summed E-state index contributed by atoms with van der Waals surface area (Å²) in [7, 11) is 0. The Bertz CT molecular complexity index is 970. The van der Waals surface area contributed by atoms with Gasteiger partial charge in [0.05, 0.1) is 11.6 Å². The third kappa shape index (κ3) is 5.09. The fourth-order valence-electron chi connectivity index (χ4n) is 3.32. The van der Waals surface area contributed by atoms with E-state index in [0.717, 1.165) is 12.0 Å². The normalized spacial score (nSPS) is 19.4. The molecular weight excluding hydrogens is 430 g/mol. The summed E-state index contributed by atoms with van der Waals surface area (Å²) in [6, 6.07) is 6.10. The lowest BCUT2D eigenvalue weighted by atomic mass is 9.91. The number of aliphatic imine (C=N–C) groups is 1. The van der Waals surface area contributed by atoms with Gasteiger partial charge < -0.3 is 15.8 Å². The molecule has 3 N–H and O–H groups in total. The number of anilines is 1. The van der Waals surface area contributed by atoms with Gasteiger partial charge in [0.2, 0.25) is 0 Å². The molecule has 0 saturated carbocycles. The maximum absolute atomic E-state index is 14.5. The highest BCUT2D eigenvalue weighted by Gasteiger charge is 2.33. The molecule has 9 heteroatoms. The van der Waals surface area contributed by atoms with Crippen molar-refractivity contribution in [3.63, 3.8) is 0 Å². The number of pyridine rings is 1. The fraction of sp³-hybridized carbons (Fsp3) is 0.381. The standard InChI is InChI=1S/C21H24ClFN4O2.ClH/c1-4-12(2)15-7-13(22)9-25-19(15)20(28)26-14-5-6-17(23)16(8-14)21(3)11-29-10-18(24)27-21;/h5-9,12H,4,10-11H2,1-3H3,(H2,24,27)(H,26,28);1H/t12?,21-;/m0./s1. The van der Waals surface area contributed by atoms with Crippen LogP contribution in [0.5, 0.6) is 0 Å². The monoisotopic (exact) mass is 454 g/mol. The lowest BCUT2D eigenvalue weighted by Crippen LogP contribution is -2.38. The Kier molecular flexibility index (Phi) is 7.80. The van der Waals surface area contributed by atoms with Crippen molar-refractivity contribution >= 4 is 41.4 Å². The van der Waals surface area contributed by atoms with Crippen LogP contribution in [0.25, 0.3) is 0 Å². The minimum atomic E-state index is -0.965. The van der Waals surface area contributed by atoms with E-state index in [-0.39, 0.29) is 37.4 Å². The first-order valence-electron chi connectivity index (χ1n) is 9.42. The van der Waals surface area contributed by atoms with Crippen LogP contribution in [0.4, 0.5) is 10.1 Å². The molecule has 0 radical (unpaired) electrons. The smallest absolute Gasteiger partial charge is 0.274 e. The molecule has 0 fully saturated rings. The van der Waals surface area contributed by atoms with Crippen LogP contribution >= 0.6 is 24.0 Å². The van der Waals surface area contributed by atoms with Crippen molar-refractivity contribution in [3.05, 3.63) is 58.1 Å². The number of carbonyl (C=O) groups is 1. The fourth-order valence-corrected chi connectivity index (χ4v) is 3.49. The van der Waals surface area contributed by atoms with Crippen molar-refractivity contribution < 1.29 is 13.9 Å². The van der Waals surface area contributed by atoms with Crippen molar-refractivity contribution in [1.29, 1.82) is 0 Å². The number of amides is 1. The minimum Gasteiger partial charge on any atom is -0.386 e. The molecule has 2 heterocycles. The Morgan fingerprint density at radius 2 is 2.17 bits per heavy atom. The average Bonchev–Trinajstić information content (AvgIpc) is 2.68. The van der Waals surface area contributed by atoms with Crippen molar-refractivity contribution in [2.24, 2.45) is 10.7 Å². The summed E-state index contributed by atoms with van der Waals surface area (Å²) in [5.41, 5.74) is 6.60. The van der Waals surface area contributed by atoms with Gasteiger partial charge in [0.15, 0.2) is 0 Å². The Hall–Kier alpha value is -2.22. The van der Waals surface area contributed by atoms with Gasteiger partial charge in [-0.05, 0) is 49.1 Å². The zero-order valence-electron chi connectivity index (χ0n) is 17.0. The largest absolute Gasteiger partial charge is 0.386 e. The molecule has 0 spiro atoms. The van der Waals surface area contributed by atoms with Gasteiger partial charge in [-0.15, -0.1) is 12.4 Å². The van der Waals surface area contributed by atoms with Gasteiger partial charge in [-0.2, -0.15) is 0 Å². The van der Waals surface area contributed by atoms with Crippen LogP contribution in [0.1, 0.15) is 54.7 Å². The highest BCUT2D eigenvalue weighted by Crippen LogP contribution is 2.32. The van der Waals surface area contributed by atoms with Gasteiger partial charge in [-0.1, -0.05) is 25.4 Å². The molecule has 0 bridgehead atoms. The molecule has 2 aromatic rings. The van der Waals surface area contributed by atoms with E-state index in [9.17, 15) is 9.18 Å². The molecular formula is C21H25Cl2FN4O2. The maximum Gasteiger partial charge on any atom is 0.274 e. The lowest BCUT2D eigenvalue weighted by molar-refractivity contribution is 0.102. The summed E-state index contributed by atoms with van der Waals surface area (Å²) < 4.78 is 20.0. The number of carbonyl (C=O) groups excluding carboxylic acids is 1. The van der Waals surface area contributed by atoms with Crippen molar-refractivity contribution in [1.82, 2.24) is 4.98 Å². The molecule has 162 valence electrons. The van der Waals surface area contributed by atoms with E-state index in [4.69, 9.17) is 22.1 Å². The zero-order chi connectivity index (χ0) is 21.2. The topological polar surface area (TPSA) is 89.6 Å². The highest BCUT2D eigenvalue weighted by molar-refractivity contribution is 6.30.